The van der Waals surface area contributed by atoms with Gasteiger partial charge in [-0.05, 0) is 48.9 Å². The van der Waals surface area contributed by atoms with E-state index in [1.54, 1.807) is 13.8 Å². The molecule has 2 N–H and O–H groups in total. The van der Waals surface area contributed by atoms with E-state index in [4.69, 9.17) is 4.74 Å². The number of carbonyl (C=O) groups is 2. The number of anilines is 1. The first kappa shape index (κ1) is 23.2. The Kier molecular flexibility index (Phi) is 7.84. The zero-order valence-corrected chi connectivity index (χ0v) is 17.0. The van der Waals surface area contributed by atoms with Gasteiger partial charge in [-0.25, -0.2) is 17.9 Å². The van der Waals surface area contributed by atoms with Gasteiger partial charge in [0, 0.05) is 12.2 Å². The standard InChI is InChI=1S/C19H20F2N2O6S/c1-3-22-30(26,27)15-9-4-12(2)16(10-15)18(25)28-11-17(24)23-13-5-7-14(8-6-13)29-19(20)21/h4-10,19,22H,3,11H2,1-2H3,(H,23,24). The molecule has 0 radical (unpaired) electrons. The number of hydrogen-bond donors (Lipinski definition) is 2. The zero-order valence-electron chi connectivity index (χ0n) is 16.1. The summed E-state index contributed by atoms with van der Waals surface area (Å²) in [6, 6.07) is 9.17. The number of ether oxygens (including phenoxy) is 2. The van der Waals surface area contributed by atoms with Crippen LogP contribution < -0.4 is 14.8 Å². The van der Waals surface area contributed by atoms with Crippen LogP contribution in [-0.2, 0) is 19.6 Å². The Morgan fingerprint density at radius 2 is 1.77 bits per heavy atom. The highest BCUT2D eigenvalue weighted by atomic mass is 32.2. The molecule has 11 heteroatoms. The molecule has 0 aliphatic carbocycles. The Morgan fingerprint density at radius 1 is 1.10 bits per heavy atom. The van der Waals surface area contributed by atoms with Crippen molar-refractivity contribution in [2.24, 2.45) is 0 Å². The van der Waals surface area contributed by atoms with E-state index >= 15 is 0 Å². The molecule has 0 atom stereocenters. The molecule has 0 saturated carbocycles. The Bertz CT molecular complexity index is 1010. The van der Waals surface area contributed by atoms with Crippen molar-refractivity contribution in [3.05, 3.63) is 53.6 Å². The number of benzene rings is 2. The Morgan fingerprint density at radius 3 is 2.37 bits per heavy atom. The minimum absolute atomic E-state index is 0.00952. The predicted octanol–water partition coefficient (Wildman–Crippen LogP) is 2.69. The van der Waals surface area contributed by atoms with Crippen LogP contribution in [0.1, 0.15) is 22.8 Å². The molecule has 2 aromatic rings. The van der Waals surface area contributed by atoms with Gasteiger partial charge in [0.15, 0.2) is 6.61 Å². The quantitative estimate of drug-likeness (QED) is 0.578. The summed E-state index contributed by atoms with van der Waals surface area (Å²) in [6.45, 7) is -0.176. The van der Waals surface area contributed by atoms with Crippen LogP contribution in [0, 0.1) is 6.92 Å². The molecule has 8 nitrogen and oxygen atoms in total. The summed E-state index contributed by atoms with van der Waals surface area (Å²) in [4.78, 5) is 24.2. The highest BCUT2D eigenvalue weighted by Gasteiger charge is 2.19. The molecule has 30 heavy (non-hydrogen) atoms. The van der Waals surface area contributed by atoms with Crippen LogP contribution in [0.25, 0.3) is 0 Å². The molecular weight excluding hydrogens is 422 g/mol. The fourth-order valence-corrected chi connectivity index (χ4v) is 3.45. The van der Waals surface area contributed by atoms with E-state index in [9.17, 15) is 26.8 Å². The number of carbonyl (C=O) groups excluding carboxylic acids is 2. The van der Waals surface area contributed by atoms with Gasteiger partial charge in [0.25, 0.3) is 5.91 Å². The molecule has 0 fully saturated rings. The third-order valence-electron chi connectivity index (χ3n) is 3.77. The van der Waals surface area contributed by atoms with Gasteiger partial charge < -0.3 is 14.8 Å². The van der Waals surface area contributed by atoms with Gasteiger partial charge in [-0.2, -0.15) is 8.78 Å². The van der Waals surface area contributed by atoms with Crippen LogP contribution in [0.15, 0.2) is 47.4 Å². The highest BCUT2D eigenvalue weighted by molar-refractivity contribution is 7.89. The van der Waals surface area contributed by atoms with Gasteiger partial charge in [0.2, 0.25) is 10.0 Å². The van der Waals surface area contributed by atoms with Crippen molar-refractivity contribution >= 4 is 27.6 Å². The largest absolute Gasteiger partial charge is 0.452 e. The van der Waals surface area contributed by atoms with Gasteiger partial charge >= 0.3 is 12.6 Å². The van der Waals surface area contributed by atoms with Crippen LogP contribution in [0.3, 0.4) is 0 Å². The molecule has 0 aliphatic rings. The molecule has 162 valence electrons. The van der Waals surface area contributed by atoms with E-state index in [-0.39, 0.29) is 28.4 Å². The summed E-state index contributed by atoms with van der Waals surface area (Å²) < 4.78 is 59.9. The lowest BCUT2D eigenvalue weighted by molar-refractivity contribution is -0.119. The van der Waals surface area contributed by atoms with E-state index in [1.165, 1.54) is 42.5 Å². The number of aryl methyl sites for hydroxylation is 1. The van der Waals surface area contributed by atoms with Gasteiger partial charge in [-0.1, -0.05) is 13.0 Å². The second-order valence-corrected chi connectivity index (χ2v) is 7.77. The first-order valence-electron chi connectivity index (χ1n) is 8.74. The van der Waals surface area contributed by atoms with Crippen LogP contribution >= 0.6 is 0 Å². The van der Waals surface area contributed by atoms with Crippen molar-refractivity contribution in [3.63, 3.8) is 0 Å². The molecule has 0 bridgehead atoms. The van der Waals surface area contributed by atoms with Crippen LogP contribution in [0.5, 0.6) is 5.75 Å². The predicted molar refractivity (Wildman–Crippen MR) is 104 cm³/mol. The number of rotatable bonds is 9. The molecule has 2 aromatic carbocycles. The van der Waals surface area contributed by atoms with Crippen molar-refractivity contribution in [3.8, 4) is 5.75 Å². The fourth-order valence-electron chi connectivity index (χ4n) is 2.39. The Labute approximate surface area is 172 Å². The average Bonchev–Trinajstić information content (AvgIpc) is 2.67. The van der Waals surface area contributed by atoms with Crippen LogP contribution in [0.4, 0.5) is 14.5 Å². The van der Waals surface area contributed by atoms with E-state index in [2.05, 4.69) is 14.8 Å². The average molecular weight is 442 g/mol. The van der Waals surface area contributed by atoms with E-state index in [0.29, 0.717) is 5.56 Å². The topological polar surface area (TPSA) is 111 Å². The van der Waals surface area contributed by atoms with Crippen molar-refractivity contribution < 1.29 is 36.3 Å². The van der Waals surface area contributed by atoms with E-state index < -0.39 is 35.1 Å². The summed E-state index contributed by atoms with van der Waals surface area (Å²) in [5.41, 5.74) is 0.772. The number of nitrogens with one attached hydrogen (secondary N) is 2. The van der Waals surface area contributed by atoms with Crippen molar-refractivity contribution in [1.82, 2.24) is 4.72 Å². The third kappa shape index (κ3) is 6.49. The molecular formula is C19H20F2N2O6S. The normalized spacial score (nSPS) is 11.2. The number of alkyl halides is 2. The molecule has 2 rings (SSSR count). The Hall–Kier alpha value is -3.05. The molecule has 0 aliphatic heterocycles. The van der Waals surface area contributed by atoms with Crippen molar-refractivity contribution in [2.75, 3.05) is 18.5 Å². The zero-order chi connectivity index (χ0) is 22.3. The van der Waals surface area contributed by atoms with Crippen LogP contribution in [0.2, 0.25) is 0 Å². The van der Waals surface area contributed by atoms with Gasteiger partial charge in [0.05, 0.1) is 10.5 Å². The maximum absolute atomic E-state index is 12.3. The molecule has 0 saturated heterocycles. The molecule has 1 amide bonds. The summed E-state index contributed by atoms with van der Waals surface area (Å²) in [5.74, 6) is -1.60. The SMILES string of the molecule is CCNS(=O)(=O)c1ccc(C)c(C(=O)OCC(=O)Nc2ccc(OC(F)F)cc2)c1. The van der Waals surface area contributed by atoms with Crippen molar-refractivity contribution in [2.45, 2.75) is 25.4 Å². The first-order valence-corrected chi connectivity index (χ1v) is 10.2. The maximum atomic E-state index is 12.3. The first-order chi connectivity index (χ1) is 14.1. The minimum atomic E-state index is -3.76. The molecule has 0 spiro atoms. The number of hydrogen-bond acceptors (Lipinski definition) is 6. The lowest BCUT2D eigenvalue weighted by Gasteiger charge is -2.11. The van der Waals surface area contributed by atoms with Crippen molar-refractivity contribution in [1.29, 1.82) is 0 Å². The van der Waals surface area contributed by atoms with Gasteiger partial charge in [-0.3, -0.25) is 4.79 Å². The minimum Gasteiger partial charge on any atom is -0.452 e. The number of halogens is 2. The molecule has 0 heterocycles. The molecule has 0 unspecified atom stereocenters. The second-order valence-electron chi connectivity index (χ2n) is 6.01. The number of sulfonamides is 1. The fraction of sp³-hybridized carbons (Fsp3) is 0.263. The lowest BCUT2D eigenvalue weighted by atomic mass is 10.1. The number of amides is 1. The van der Waals surface area contributed by atoms with Gasteiger partial charge in [0.1, 0.15) is 5.75 Å². The lowest BCUT2D eigenvalue weighted by Crippen LogP contribution is -2.24. The molecule has 0 aromatic heterocycles. The second kappa shape index (κ2) is 10.1. The maximum Gasteiger partial charge on any atom is 0.387 e. The summed E-state index contributed by atoms with van der Waals surface area (Å²) in [7, 11) is -3.76. The monoisotopic (exact) mass is 442 g/mol. The van der Waals surface area contributed by atoms with Crippen LogP contribution in [-0.4, -0.2) is 40.1 Å². The number of esters is 1. The van der Waals surface area contributed by atoms with E-state index in [1.807, 2.05) is 0 Å². The third-order valence-corrected chi connectivity index (χ3v) is 5.31. The summed E-state index contributed by atoms with van der Waals surface area (Å²) in [6.07, 6.45) is 0. The van der Waals surface area contributed by atoms with E-state index in [0.717, 1.165) is 0 Å². The summed E-state index contributed by atoms with van der Waals surface area (Å²) in [5, 5.41) is 2.43. The van der Waals surface area contributed by atoms with Gasteiger partial charge in [-0.15, -0.1) is 0 Å². The smallest absolute Gasteiger partial charge is 0.387 e. The summed E-state index contributed by atoms with van der Waals surface area (Å²) >= 11 is 0. The highest BCUT2D eigenvalue weighted by Crippen LogP contribution is 2.18. The Balaban J connectivity index is 1.99.